The number of hydrogen-bond acceptors (Lipinski definition) is 5. The highest BCUT2D eigenvalue weighted by Gasteiger charge is 2.31. The molecular weight excluding hydrogens is 416 g/mol. The fourth-order valence-electron chi connectivity index (χ4n) is 4.57. The molecule has 2 aliphatic heterocycles. The van der Waals surface area contributed by atoms with Crippen molar-refractivity contribution in [2.24, 2.45) is 0 Å². The van der Waals surface area contributed by atoms with Gasteiger partial charge in [0.2, 0.25) is 15.6 Å². The van der Waals surface area contributed by atoms with E-state index in [1.165, 1.54) is 31.0 Å². The van der Waals surface area contributed by atoms with Crippen molar-refractivity contribution < 1.29 is 13.2 Å². The summed E-state index contributed by atoms with van der Waals surface area (Å²) in [5.74, 6) is -0.365. The van der Waals surface area contributed by atoms with Crippen LogP contribution in [0.15, 0.2) is 34.0 Å². The van der Waals surface area contributed by atoms with Gasteiger partial charge in [-0.2, -0.15) is 4.31 Å². The van der Waals surface area contributed by atoms with Gasteiger partial charge in [-0.1, -0.05) is 6.42 Å². The van der Waals surface area contributed by atoms with E-state index >= 15 is 0 Å². The number of carbonyl (C=O) groups excluding carboxylic acids is 1. The first kappa shape index (κ1) is 22.0. The van der Waals surface area contributed by atoms with Crippen molar-refractivity contribution in [2.45, 2.75) is 50.0 Å². The minimum atomic E-state index is -3.68. The molecule has 1 amide bonds. The van der Waals surface area contributed by atoms with E-state index in [0.29, 0.717) is 24.0 Å². The summed E-state index contributed by atoms with van der Waals surface area (Å²) < 4.78 is 28.1. The Balaban J connectivity index is 1.62. The zero-order valence-electron chi connectivity index (χ0n) is 17.9. The highest BCUT2D eigenvalue weighted by molar-refractivity contribution is 7.89. The number of carbonyl (C=O) groups is 1. The number of rotatable bonds is 6. The zero-order chi connectivity index (χ0) is 22.0. The molecule has 2 fully saturated rings. The second kappa shape index (κ2) is 9.10. The van der Waals surface area contributed by atoms with Crippen molar-refractivity contribution >= 4 is 26.8 Å². The number of aromatic amines is 1. The Bertz CT molecular complexity index is 1120. The maximum atomic E-state index is 13.3. The van der Waals surface area contributed by atoms with Gasteiger partial charge in [0.25, 0.3) is 5.91 Å². The van der Waals surface area contributed by atoms with Crippen LogP contribution < -0.4 is 10.9 Å². The summed E-state index contributed by atoms with van der Waals surface area (Å²) in [6, 6.07) is 5.77. The summed E-state index contributed by atoms with van der Waals surface area (Å²) >= 11 is 0. The van der Waals surface area contributed by atoms with Gasteiger partial charge < -0.3 is 15.2 Å². The van der Waals surface area contributed by atoms with Crippen molar-refractivity contribution in [3.8, 4) is 0 Å². The lowest BCUT2D eigenvalue weighted by molar-refractivity contribution is 0.0951. The Morgan fingerprint density at radius 2 is 1.87 bits per heavy atom. The van der Waals surface area contributed by atoms with E-state index in [0.717, 1.165) is 38.9 Å². The van der Waals surface area contributed by atoms with Crippen LogP contribution in [0.5, 0.6) is 0 Å². The maximum absolute atomic E-state index is 13.3. The Kier molecular flexibility index (Phi) is 6.45. The standard InChI is InChI=1S/C22H30N4O4S/c1-16-6-2-3-12-26(16)31(29,30)17-7-8-20-18(14-17)19(15-21(27)24-20)22(28)23-9-13-25-10-4-5-11-25/h7-8,14-16H,2-6,9-13H2,1H3,(H,23,28)(H,24,27). The fourth-order valence-corrected chi connectivity index (χ4v) is 6.30. The van der Waals surface area contributed by atoms with Gasteiger partial charge >= 0.3 is 0 Å². The molecule has 0 radical (unpaired) electrons. The molecule has 1 atom stereocenters. The summed E-state index contributed by atoms with van der Waals surface area (Å²) in [6.45, 7) is 5.75. The van der Waals surface area contributed by atoms with Crippen LogP contribution in [0.25, 0.3) is 10.9 Å². The number of nitrogens with one attached hydrogen (secondary N) is 2. The summed E-state index contributed by atoms with van der Waals surface area (Å²) in [5.41, 5.74) is 0.254. The first-order valence-corrected chi connectivity index (χ1v) is 12.5. The summed E-state index contributed by atoms with van der Waals surface area (Å²) in [6.07, 6.45) is 5.06. The molecule has 2 aliphatic rings. The van der Waals surface area contributed by atoms with Crippen molar-refractivity contribution in [3.63, 3.8) is 0 Å². The zero-order valence-corrected chi connectivity index (χ0v) is 18.7. The Morgan fingerprint density at radius 1 is 1.13 bits per heavy atom. The predicted octanol–water partition coefficient (Wildman–Crippen LogP) is 1.92. The molecule has 0 spiro atoms. The average Bonchev–Trinajstić information content (AvgIpc) is 3.26. The maximum Gasteiger partial charge on any atom is 0.252 e. The molecule has 8 nitrogen and oxygen atoms in total. The van der Waals surface area contributed by atoms with E-state index in [9.17, 15) is 18.0 Å². The van der Waals surface area contributed by atoms with Crippen molar-refractivity contribution in [2.75, 3.05) is 32.7 Å². The number of amides is 1. The number of benzene rings is 1. The highest BCUT2D eigenvalue weighted by Crippen LogP contribution is 2.27. The number of pyridine rings is 1. The fraction of sp³-hybridized carbons (Fsp3) is 0.545. The molecule has 3 heterocycles. The number of sulfonamides is 1. The first-order valence-electron chi connectivity index (χ1n) is 11.1. The molecule has 1 aromatic heterocycles. The van der Waals surface area contributed by atoms with E-state index in [2.05, 4.69) is 15.2 Å². The molecule has 0 aliphatic carbocycles. The highest BCUT2D eigenvalue weighted by atomic mass is 32.2. The van der Waals surface area contributed by atoms with Gasteiger partial charge in [0, 0.05) is 42.6 Å². The summed E-state index contributed by atoms with van der Waals surface area (Å²) in [4.78, 5) is 30.1. The topological polar surface area (TPSA) is 103 Å². The van der Waals surface area contributed by atoms with Gasteiger partial charge in [-0.05, 0) is 63.9 Å². The molecule has 168 valence electrons. The van der Waals surface area contributed by atoms with Crippen molar-refractivity contribution in [1.82, 2.24) is 19.5 Å². The number of nitrogens with zero attached hydrogens (tertiary/aromatic N) is 2. The lowest BCUT2D eigenvalue weighted by atomic mass is 10.1. The van der Waals surface area contributed by atoms with Crippen LogP contribution in [-0.4, -0.2) is 67.3 Å². The van der Waals surface area contributed by atoms with Crippen LogP contribution in [0.2, 0.25) is 0 Å². The Hall–Kier alpha value is -2.23. The van der Waals surface area contributed by atoms with Crippen LogP contribution in [-0.2, 0) is 10.0 Å². The predicted molar refractivity (Wildman–Crippen MR) is 120 cm³/mol. The summed E-state index contributed by atoms with van der Waals surface area (Å²) in [7, 11) is -3.68. The van der Waals surface area contributed by atoms with E-state index in [1.54, 1.807) is 10.4 Å². The third kappa shape index (κ3) is 4.68. The van der Waals surface area contributed by atoms with Crippen LogP contribution >= 0.6 is 0 Å². The van der Waals surface area contributed by atoms with E-state index in [-0.39, 0.29) is 22.4 Å². The minimum absolute atomic E-state index is 0.0571. The van der Waals surface area contributed by atoms with Crippen LogP contribution in [0, 0.1) is 0 Å². The minimum Gasteiger partial charge on any atom is -0.351 e. The molecule has 1 aromatic carbocycles. The lowest BCUT2D eigenvalue weighted by Crippen LogP contribution is -2.41. The number of hydrogen-bond donors (Lipinski definition) is 2. The molecule has 2 aromatic rings. The second-order valence-corrected chi connectivity index (χ2v) is 10.4. The van der Waals surface area contributed by atoms with E-state index in [4.69, 9.17) is 0 Å². The SMILES string of the molecule is CC1CCCCN1S(=O)(=O)c1ccc2[nH]c(=O)cc(C(=O)NCCN3CCCC3)c2c1. The lowest BCUT2D eigenvalue weighted by Gasteiger charge is -2.32. The number of aromatic nitrogens is 1. The molecule has 2 N–H and O–H groups in total. The summed E-state index contributed by atoms with van der Waals surface area (Å²) in [5, 5.41) is 3.31. The van der Waals surface area contributed by atoms with Gasteiger partial charge in [-0.25, -0.2) is 8.42 Å². The smallest absolute Gasteiger partial charge is 0.252 e. The van der Waals surface area contributed by atoms with Gasteiger partial charge in [0.05, 0.1) is 10.5 Å². The Morgan fingerprint density at radius 3 is 2.61 bits per heavy atom. The monoisotopic (exact) mass is 446 g/mol. The molecule has 2 saturated heterocycles. The van der Waals surface area contributed by atoms with Crippen molar-refractivity contribution in [1.29, 1.82) is 0 Å². The molecule has 4 rings (SSSR count). The van der Waals surface area contributed by atoms with Gasteiger partial charge in [-0.3, -0.25) is 9.59 Å². The molecule has 0 bridgehead atoms. The number of likely N-dealkylation sites (tertiary alicyclic amines) is 1. The van der Waals surface area contributed by atoms with Crippen LogP contribution in [0.4, 0.5) is 0 Å². The third-order valence-corrected chi connectivity index (χ3v) is 8.33. The quantitative estimate of drug-likeness (QED) is 0.706. The first-order chi connectivity index (χ1) is 14.9. The number of fused-ring (bicyclic) bond motifs is 1. The van der Waals surface area contributed by atoms with Crippen molar-refractivity contribution in [3.05, 3.63) is 40.2 Å². The van der Waals surface area contributed by atoms with E-state index in [1.807, 2.05) is 6.92 Å². The molecule has 9 heteroatoms. The third-order valence-electron chi connectivity index (χ3n) is 6.32. The molecule has 0 saturated carbocycles. The normalized spacial score (nSPS) is 20.9. The van der Waals surface area contributed by atoms with Gasteiger partial charge in [-0.15, -0.1) is 0 Å². The van der Waals surface area contributed by atoms with Gasteiger partial charge in [0.1, 0.15) is 0 Å². The average molecular weight is 447 g/mol. The second-order valence-electron chi connectivity index (χ2n) is 8.52. The number of H-pyrrole nitrogens is 1. The largest absolute Gasteiger partial charge is 0.351 e. The van der Waals surface area contributed by atoms with E-state index < -0.39 is 15.6 Å². The van der Waals surface area contributed by atoms with Gasteiger partial charge in [0.15, 0.2) is 0 Å². The Labute approximate surface area is 182 Å². The molecule has 31 heavy (non-hydrogen) atoms. The molecule has 1 unspecified atom stereocenters. The van der Waals surface area contributed by atoms with Crippen LogP contribution in [0.1, 0.15) is 49.4 Å². The number of piperidine rings is 1. The molecular formula is C22H30N4O4S. The van der Waals surface area contributed by atoms with Crippen LogP contribution in [0.3, 0.4) is 0 Å².